The van der Waals surface area contributed by atoms with Crippen LogP contribution >= 0.6 is 0 Å². The van der Waals surface area contributed by atoms with Crippen LogP contribution in [0.3, 0.4) is 0 Å². The largest absolute Gasteiger partial charge is 1.00 e. The van der Waals surface area contributed by atoms with Gasteiger partial charge in [0.05, 0.1) is 18.4 Å². The number of hydrogen-bond donors (Lipinski definition) is 2. The van der Waals surface area contributed by atoms with E-state index in [1.165, 1.54) is 32.8 Å². The van der Waals surface area contributed by atoms with Crippen LogP contribution in [0.25, 0.3) is 0 Å². The number of nitrogens with one attached hydrogen (secondary N) is 2. The predicted molar refractivity (Wildman–Crippen MR) is 129 cm³/mol. The van der Waals surface area contributed by atoms with Gasteiger partial charge in [0, 0.05) is 25.0 Å². The first-order valence-electron chi connectivity index (χ1n) is 11.8. The van der Waals surface area contributed by atoms with Crippen LogP contribution in [0.15, 0.2) is 18.5 Å². The molecule has 2 N–H and O–H groups in total. The molecule has 5 rings (SSSR count). The maximum absolute atomic E-state index is 13.4. The predicted octanol–water partition coefficient (Wildman–Crippen LogP) is -0.519. The molecule has 2 aliphatic carbocycles. The van der Waals surface area contributed by atoms with E-state index in [0.29, 0.717) is 5.69 Å². The molecule has 2 amide bonds. The van der Waals surface area contributed by atoms with E-state index in [1.807, 2.05) is 7.05 Å². The Kier molecular flexibility index (Phi) is 7.64. The number of carbonyl (C=O) groups excluding carboxylic acids is 1. The third-order valence-corrected chi connectivity index (χ3v) is 8.63. The number of aromatic nitrogens is 2. The molecular weight excluding hydrogens is 463 g/mol. The van der Waals surface area contributed by atoms with Gasteiger partial charge >= 0.3 is 45.8 Å². The molecule has 180 valence electrons. The zero-order valence-electron chi connectivity index (χ0n) is 21.3. The van der Waals surface area contributed by atoms with Crippen LogP contribution < -0.4 is 43.9 Å². The molecular formula is C23H33N6NaO3S. The molecule has 0 unspecified atom stereocenters. The molecule has 0 bridgehead atoms. The maximum atomic E-state index is 13.4. The number of carbonyl (C=O) groups is 1. The molecule has 1 atom stereocenters. The van der Waals surface area contributed by atoms with Crippen LogP contribution in [-0.4, -0.2) is 55.3 Å². The van der Waals surface area contributed by atoms with Gasteiger partial charge in [-0.25, -0.2) is 13.8 Å². The Morgan fingerprint density at radius 3 is 2.38 bits per heavy atom. The number of aryl methyl sites for hydroxylation is 3. The van der Waals surface area contributed by atoms with E-state index in [2.05, 4.69) is 26.1 Å². The van der Waals surface area contributed by atoms with Gasteiger partial charge in [0.15, 0.2) is 0 Å². The van der Waals surface area contributed by atoms with Gasteiger partial charge < -0.3 is 11.6 Å². The number of anilines is 2. The van der Waals surface area contributed by atoms with Crippen LogP contribution in [0.1, 0.15) is 49.4 Å². The molecule has 0 saturated carbocycles. The van der Waals surface area contributed by atoms with Crippen LogP contribution in [-0.2, 0) is 42.9 Å². The van der Waals surface area contributed by atoms with Gasteiger partial charge in [-0.15, -0.1) is 0 Å². The third kappa shape index (κ3) is 5.02. The topological polar surface area (TPSA) is 99.6 Å². The van der Waals surface area contributed by atoms with Crippen molar-refractivity contribution in [3.8, 4) is 0 Å². The summed E-state index contributed by atoms with van der Waals surface area (Å²) in [5, 5.41) is 7.06. The molecule has 3 aliphatic rings. The van der Waals surface area contributed by atoms with E-state index in [1.54, 1.807) is 17.9 Å². The van der Waals surface area contributed by atoms with Gasteiger partial charge in [0.2, 0.25) is 0 Å². The zero-order valence-corrected chi connectivity index (χ0v) is 23.1. The first-order chi connectivity index (χ1) is 15.8. The van der Waals surface area contributed by atoms with Crippen molar-refractivity contribution in [2.75, 3.05) is 29.8 Å². The van der Waals surface area contributed by atoms with Gasteiger partial charge in [0.25, 0.3) is 0 Å². The molecule has 0 spiro atoms. The summed E-state index contributed by atoms with van der Waals surface area (Å²) in [5.74, 6) is 0. The molecule has 1 fully saturated rings. The van der Waals surface area contributed by atoms with E-state index in [0.717, 1.165) is 63.6 Å². The summed E-state index contributed by atoms with van der Waals surface area (Å²) in [5.41, 5.74) is 6.18. The number of likely N-dealkylation sites (N-methyl/N-ethyl adjacent to an activating group) is 1. The molecule has 11 heteroatoms. The van der Waals surface area contributed by atoms with E-state index < -0.39 is 16.2 Å². The van der Waals surface area contributed by atoms with E-state index in [4.69, 9.17) is 0 Å². The molecule has 2 heterocycles. The second kappa shape index (κ2) is 10.2. The first kappa shape index (κ1) is 25.5. The molecule has 9 nitrogen and oxygen atoms in total. The average Bonchev–Trinajstić information content (AvgIpc) is 3.53. The van der Waals surface area contributed by atoms with Gasteiger partial charge in [0.1, 0.15) is 0 Å². The fourth-order valence-corrected chi connectivity index (χ4v) is 6.69. The number of fused-ring (bicyclic) bond motifs is 2. The quantitative estimate of drug-likeness (QED) is 0.525. The SMILES string of the molecule is CN1CCC[C@@H]1CN(c1cnn(C)c1)S(=O)(=O)NC(=O)Nc1c2c(cc3c1CCC3)CCC2.[H-].[Na+]. The molecule has 1 aromatic carbocycles. The van der Waals surface area contributed by atoms with Crippen LogP contribution in [0, 0.1) is 0 Å². The van der Waals surface area contributed by atoms with Crippen molar-refractivity contribution >= 4 is 27.6 Å². The normalized spacial score (nSPS) is 19.4. The Balaban J connectivity index is 0.00000171. The molecule has 1 aliphatic heterocycles. The molecule has 2 aromatic rings. The summed E-state index contributed by atoms with van der Waals surface area (Å²) in [6.45, 7) is 1.20. The second-order valence-corrected chi connectivity index (χ2v) is 11.1. The molecule has 1 aromatic heterocycles. The van der Waals surface area contributed by atoms with Crippen molar-refractivity contribution < 1.29 is 44.2 Å². The Bertz CT molecular complexity index is 1160. The van der Waals surface area contributed by atoms with Crippen molar-refractivity contribution in [3.63, 3.8) is 0 Å². The van der Waals surface area contributed by atoms with Crippen molar-refractivity contribution in [1.29, 1.82) is 0 Å². The Morgan fingerprint density at radius 1 is 1.15 bits per heavy atom. The minimum atomic E-state index is -4.13. The van der Waals surface area contributed by atoms with Crippen molar-refractivity contribution in [2.45, 2.75) is 57.4 Å². The summed E-state index contributed by atoms with van der Waals surface area (Å²) >= 11 is 0. The smallest absolute Gasteiger partial charge is 1.00 e. The number of rotatable bonds is 6. The monoisotopic (exact) mass is 496 g/mol. The fraction of sp³-hybridized carbons (Fsp3) is 0.565. The van der Waals surface area contributed by atoms with E-state index in [9.17, 15) is 13.2 Å². The number of urea groups is 1. The van der Waals surface area contributed by atoms with Gasteiger partial charge in [-0.05, 0) is 87.2 Å². The van der Waals surface area contributed by atoms with Crippen molar-refractivity contribution in [3.05, 3.63) is 40.7 Å². The van der Waals surface area contributed by atoms with Crippen LogP contribution in [0.5, 0.6) is 0 Å². The minimum Gasteiger partial charge on any atom is -1.00 e. The van der Waals surface area contributed by atoms with Crippen molar-refractivity contribution in [2.24, 2.45) is 7.05 Å². The fourth-order valence-electron chi connectivity index (χ4n) is 5.56. The zero-order chi connectivity index (χ0) is 23.2. The third-order valence-electron chi connectivity index (χ3n) is 7.25. The molecule has 34 heavy (non-hydrogen) atoms. The second-order valence-electron chi connectivity index (χ2n) is 9.48. The van der Waals surface area contributed by atoms with E-state index >= 15 is 0 Å². The summed E-state index contributed by atoms with van der Waals surface area (Å²) in [7, 11) is -0.384. The number of hydrogen-bond acceptors (Lipinski definition) is 5. The summed E-state index contributed by atoms with van der Waals surface area (Å²) in [4.78, 5) is 15.2. The van der Waals surface area contributed by atoms with Gasteiger partial charge in [-0.1, -0.05) is 6.07 Å². The molecule has 0 radical (unpaired) electrons. The molecule has 1 saturated heterocycles. The Morgan fingerprint density at radius 2 is 1.82 bits per heavy atom. The van der Waals surface area contributed by atoms with Gasteiger partial charge in [-0.3, -0.25) is 4.68 Å². The maximum Gasteiger partial charge on any atom is 1.00 e. The Labute approximate surface area is 225 Å². The number of amides is 2. The number of likely N-dealkylation sites (tertiary alicyclic amines) is 1. The number of nitrogens with zero attached hydrogens (tertiary/aromatic N) is 4. The van der Waals surface area contributed by atoms with Crippen LogP contribution in [0.4, 0.5) is 16.2 Å². The standard InChI is InChI=1S/C23H32N6O3S.Na.H/c1-27-11-5-8-18(27)15-29(19-13-24-28(2)14-19)33(31,32)26-23(30)25-22-20-9-3-6-16(20)12-17-7-4-10-21(17)22;;/h12-14,18H,3-11,15H2,1-2H3,(H2,25,26,30);;/q;+1;-1/t18-;;/m1../s1. The summed E-state index contributed by atoms with van der Waals surface area (Å²) in [6, 6.07) is 1.66. The van der Waals surface area contributed by atoms with Gasteiger partial charge in [-0.2, -0.15) is 13.5 Å². The first-order valence-corrected chi connectivity index (χ1v) is 13.2. The summed E-state index contributed by atoms with van der Waals surface area (Å²) < 4.78 is 31.9. The number of benzene rings is 1. The Hall–Kier alpha value is -1.59. The van der Waals surface area contributed by atoms with E-state index in [-0.39, 0.29) is 43.6 Å². The van der Waals surface area contributed by atoms with Crippen molar-refractivity contribution in [1.82, 2.24) is 19.4 Å². The van der Waals surface area contributed by atoms with Crippen LogP contribution in [0.2, 0.25) is 0 Å². The minimum absolute atomic E-state index is 0. The average molecular weight is 497 g/mol. The summed E-state index contributed by atoms with van der Waals surface area (Å²) in [6.07, 6.45) is 11.1.